The quantitative estimate of drug-likeness (QED) is 0.724. The Kier molecular flexibility index (Phi) is 6.44. The van der Waals surface area contributed by atoms with Crippen LogP contribution in [0.25, 0.3) is 0 Å². The third-order valence-corrected chi connectivity index (χ3v) is 4.30. The summed E-state index contributed by atoms with van der Waals surface area (Å²) < 4.78 is 0. The average molecular weight is 303 g/mol. The highest BCUT2D eigenvalue weighted by Crippen LogP contribution is 2.31. The van der Waals surface area contributed by atoms with Crippen molar-refractivity contribution in [3.05, 3.63) is 35.4 Å². The fourth-order valence-corrected chi connectivity index (χ4v) is 3.12. The van der Waals surface area contributed by atoms with E-state index in [9.17, 15) is 9.59 Å². The van der Waals surface area contributed by atoms with Crippen molar-refractivity contribution in [2.75, 3.05) is 6.54 Å². The maximum atomic E-state index is 12.4. The molecule has 1 unspecified atom stereocenters. The van der Waals surface area contributed by atoms with Crippen LogP contribution in [0.5, 0.6) is 0 Å². The Labute approximate surface area is 131 Å². The molecule has 1 atom stereocenters. The molecular weight excluding hydrogens is 278 g/mol. The van der Waals surface area contributed by atoms with Crippen molar-refractivity contribution in [2.24, 2.45) is 0 Å². The monoisotopic (exact) mass is 303 g/mol. The molecule has 0 radical (unpaired) electrons. The molecular formula is C18H25NO3. The second-order valence-corrected chi connectivity index (χ2v) is 5.99. The van der Waals surface area contributed by atoms with Gasteiger partial charge in [0, 0.05) is 13.0 Å². The number of carbonyl (C=O) groups is 2. The molecule has 0 heterocycles. The first kappa shape index (κ1) is 16.5. The van der Waals surface area contributed by atoms with Crippen LogP contribution in [-0.4, -0.2) is 23.5 Å². The molecule has 1 aromatic carbocycles. The highest BCUT2D eigenvalue weighted by molar-refractivity contribution is 5.84. The number of nitrogens with one attached hydrogen (secondary N) is 1. The molecule has 4 heteroatoms. The van der Waals surface area contributed by atoms with Crippen LogP contribution in [-0.2, 0) is 16.0 Å². The lowest BCUT2D eigenvalue weighted by Gasteiger charge is -2.24. The lowest BCUT2D eigenvalue weighted by molar-refractivity contribution is -0.137. The van der Waals surface area contributed by atoms with Gasteiger partial charge in [-0.15, -0.1) is 0 Å². The first-order chi connectivity index (χ1) is 10.7. The SMILES string of the molecule is O=C(O)CCCCCCNC(=O)C1CCCc2ccccc21. The second kappa shape index (κ2) is 8.57. The Hall–Kier alpha value is -1.84. The molecule has 0 saturated carbocycles. The molecule has 0 saturated heterocycles. The van der Waals surface area contributed by atoms with E-state index in [1.165, 1.54) is 11.1 Å². The summed E-state index contributed by atoms with van der Waals surface area (Å²) in [6, 6.07) is 8.24. The van der Waals surface area contributed by atoms with Gasteiger partial charge in [0.2, 0.25) is 5.91 Å². The van der Waals surface area contributed by atoms with Crippen LogP contribution in [0, 0.1) is 0 Å². The largest absolute Gasteiger partial charge is 0.481 e. The molecule has 120 valence electrons. The molecule has 0 aromatic heterocycles. The van der Waals surface area contributed by atoms with E-state index in [4.69, 9.17) is 5.11 Å². The van der Waals surface area contributed by atoms with Gasteiger partial charge >= 0.3 is 5.97 Å². The second-order valence-electron chi connectivity index (χ2n) is 5.99. The van der Waals surface area contributed by atoms with E-state index in [2.05, 4.69) is 17.4 Å². The van der Waals surface area contributed by atoms with Gasteiger partial charge in [0.25, 0.3) is 0 Å². The van der Waals surface area contributed by atoms with Gasteiger partial charge in [-0.25, -0.2) is 0 Å². The number of aryl methyl sites for hydroxylation is 1. The van der Waals surface area contributed by atoms with Gasteiger partial charge in [0.1, 0.15) is 0 Å². The third-order valence-electron chi connectivity index (χ3n) is 4.30. The molecule has 2 N–H and O–H groups in total. The highest BCUT2D eigenvalue weighted by atomic mass is 16.4. The topological polar surface area (TPSA) is 66.4 Å². The van der Waals surface area contributed by atoms with Crippen molar-refractivity contribution in [3.63, 3.8) is 0 Å². The van der Waals surface area contributed by atoms with E-state index >= 15 is 0 Å². The zero-order valence-corrected chi connectivity index (χ0v) is 13.0. The smallest absolute Gasteiger partial charge is 0.303 e. The predicted molar refractivity (Wildman–Crippen MR) is 85.9 cm³/mol. The molecule has 1 aliphatic rings. The van der Waals surface area contributed by atoms with Crippen LogP contribution in [0.4, 0.5) is 0 Å². The van der Waals surface area contributed by atoms with Gasteiger partial charge in [-0.2, -0.15) is 0 Å². The van der Waals surface area contributed by atoms with E-state index < -0.39 is 5.97 Å². The Morgan fingerprint density at radius 2 is 1.91 bits per heavy atom. The minimum atomic E-state index is -0.732. The molecule has 0 bridgehead atoms. The lowest BCUT2D eigenvalue weighted by atomic mass is 9.82. The number of fused-ring (bicyclic) bond motifs is 1. The van der Waals surface area contributed by atoms with E-state index in [1.54, 1.807) is 0 Å². The number of carboxylic acid groups (broad SMARTS) is 1. The van der Waals surface area contributed by atoms with E-state index in [0.29, 0.717) is 6.54 Å². The number of amides is 1. The third kappa shape index (κ3) is 4.86. The maximum absolute atomic E-state index is 12.4. The summed E-state index contributed by atoms with van der Waals surface area (Å²) in [5, 5.41) is 11.6. The minimum absolute atomic E-state index is 0.00281. The molecule has 0 aliphatic heterocycles. The van der Waals surface area contributed by atoms with Crippen molar-refractivity contribution in [3.8, 4) is 0 Å². The van der Waals surface area contributed by atoms with Crippen molar-refractivity contribution >= 4 is 11.9 Å². The first-order valence-electron chi connectivity index (χ1n) is 8.26. The maximum Gasteiger partial charge on any atom is 0.303 e. The van der Waals surface area contributed by atoms with Crippen molar-refractivity contribution in [2.45, 2.75) is 57.3 Å². The summed E-state index contributed by atoms with van der Waals surface area (Å²) in [5.74, 6) is -0.598. The van der Waals surface area contributed by atoms with Crippen LogP contribution >= 0.6 is 0 Å². The average Bonchev–Trinajstić information content (AvgIpc) is 2.53. The number of rotatable bonds is 8. The molecule has 1 amide bonds. The zero-order valence-electron chi connectivity index (χ0n) is 13.0. The first-order valence-corrected chi connectivity index (χ1v) is 8.26. The van der Waals surface area contributed by atoms with Crippen molar-refractivity contribution in [1.29, 1.82) is 0 Å². The number of unbranched alkanes of at least 4 members (excludes halogenated alkanes) is 3. The van der Waals surface area contributed by atoms with Gasteiger partial charge < -0.3 is 10.4 Å². The molecule has 0 spiro atoms. The number of hydrogen-bond donors (Lipinski definition) is 2. The van der Waals surface area contributed by atoms with Gasteiger partial charge in [-0.05, 0) is 43.2 Å². The Balaban J connectivity index is 1.69. The van der Waals surface area contributed by atoms with Crippen LogP contribution in [0.15, 0.2) is 24.3 Å². The van der Waals surface area contributed by atoms with Crippen LogP contribution in [0.1, 0.15) is 62.0 Å². The van der Waals surface area contributed by atoms with E-state index in [0.717, 1.165) is 44.9 Å². The lowest BCUT2D eigenvalue weighted by Crippen LogP contribution is -2.32. The predicted octanol–water partition coefficient (Wildman–Crippen LogP) is 3.26. The standard InChI is InChI=1S/C18H25NO3/c20-17(21)12-3-1-2-6-13-19-18(22)16-11-7-9-14-8-4-5-10-15(14)16/h4-5,8,10,16H,1-3,6-7,9,11-13H2,(H,19,22)(H,20,21). The van der Waals surface area contributed by atoms with Crippen LogP contribution in [0.2, 0.25) is 0 Å². The molecule has 1 aliphatic carbocycles. The van der Waals surface area contributed by atoms with Crippen LogP contribution in [0.3, 0.4) is 0 Å². The Morgan fingerprint density at radius 3 is 2.73 bits per heavy atom. The summed E-state index contributed by atoms with van der Waals surface area (Å²) in [6.45, 7) is 0.685. The summed E-state index contributed by atoms with van der Waals surface area (Å²) in [6.07, 6.45) is 6.84. The van der Waals surface area contributed by atoms with Gasteiger partial charge in [0.15, 0.2) is 0 Å². The number of carbonyl (C=O) groups excluding carboxylic acids is 1. The molecule has 22 heavy (non-hydrogen) atoms. The number of benzene rings is 1. The fraction of sp³-hybridized carbons (Fsp3) is 0.556. The van der Waals surface area contributed by atoms with Crippen molar-refractivity contribution in [1.82, 2.24) is 5.32 Å². The number of aliphatic carboxylic acids is 1. The van der Waals surface area contributed by atoms with E-state index in [-0.39, 0.29) is 18.2 Å². The van der Waals surface area contributed by atoms with Crippen LogP contribution < -0.4 is 5.32 Å². The fourth-order valence-electron chi connectivity index (χ4n) is 3.12. The number of carboxylic acids is 1. The molecule has 0 fully saturated rings. The molecule has 2 rings (SSSR count). The molecule has 1 aromatic rings. The zero-order chi connectivity index (χ0) is 15.8. The summed E-state index contributed by atoms with van der Waals surface area (Å²) >= 11 is 0. The van der Waals surface area contributed by atoms with Gasteiger partial charge in [0.05, 0.1) is 5.92 Å². The summed E-state index contributed by atoms with van der Waals surface area (Å²) in [5.41, 5.74) is 2.50. The Bertz CT molecular complexity index is 513. The minimum Gasteiger partial charge on any atom is -0.481 e. The summed E-state index contributed by atoms with van der Waals surface area (Å²) in [4.78, 5) is 22.7. The van der Waals surface area contributed by atoms with Gasteiger partial charge in [-0.3, -0.25) is 9.59 Å². The highest BCUT2D eigenvalue weighted by Gasteiger charge is 2.25. The van der Waals surface area contributed by atoms with Gasteiger partial charge in [-0.1, -0.05) is 37.1 Å². The normalized spacial score (nSPS) is 16.8. The summed E-state index contributed by atoms with van der Waals surface area (Å²) in [7, 11) is 0. The van der Waals surface area contributed by atoms with E-state index in [1.807, 2.05) is 12.1 Å². The van der Waals surface area contributed by atoms with Crippen molar-refractivity contribution < 1.29 is 14.7 Å². The number of hydrogen-bond acceptors (Lipinski definition) is 2. The Morgan fingerprint density at radius 1 is 1.14 bits per heavy atom. The molecule has 4 nitrogen and oxygen atoms in total.